The third-order valence-corrected chi connectivity index (χ3v) is 3.01. The lowest BCUT2D eigenvalue weighted by Crippen LogP contribution is -2.39. The van der Waals surface area contributed by atoms with Gasteiger partial charge < -0.3 is 9.64 Å². The standard InChI is InChI=1S/C13H19FN2O/c1-2-8-17-12-4-3-7-16(10-12)11-5-6-15-13(14)9-11/h5-6,9,12H,2-4,7-8,10H2,1H3. The number of hydrogen-bond donors (Lipinski definition) is 0. The second-order valence-electron chi connectivity index (χ2n) is 4.42. The Morgan fingerprint density at radius 2 is 2.47 bits per heavy atom. The van der Waals surface area contributed by atoms with Crippen molar-refractivity contribution in [1.82, 2.24) is 4.98 Å². The van der Waals surface area contributed by atoms with Crippen LogP contribution >= 0.6 is 0 Å². The zero-order valence-corrected chi connectivity index (χ0v) is 10.2. The van der Waals surface area contributed by atoms with Gasteiger partial charge >= 0.3 is 0 Å². The molecule has 0 saturated carbocycles. The minimum absolute atomic E-state index is 0.278. The van der Waals surface area contributed by atoms with Gasteiger partial charge in [0.1, 0.15) is 0 Å². The molecule has 3 nitrogen and oxygen atoms in total. The van der Waals surface area contributed by atoms with E-state index < -0.39 is 5.95 Å². The highest BCUT2D eigenvalue weighted by Gasteiger charge is 2.20. The van der Waals surface area contributed by atoms with Crippen molar-refractivity contribution in [2.75, 3.05) is 24.6 Å². The first kappa shape index (κ1) is 12.3. The molecule has 94 valence electrons. The van der Waals surface area contributed by atoms with Gasteiger partial charge in [-0.15, -0.1) is 0 Å². The van der Waals surface area contributed by atoms with Crippen LogP contribution < -0.4 is 4.90 Å². The molecule has 4 heteroatoms. The van der Waals surface area contributed by atoms with E-state index in [1.807, 2.05) is 6.07 Å². The van der Waals surface area contributed by atoms with Crippen LogP contribution in [0.3, 0.4) is 0 Å². The summed E-state index contributed by atoms with van der Waals surface area (Å²) in [6, 6.07) is 3.34. The van der Waals surface area contributed by atoms with E-state index in [0.717, 1.165) is 44.6 Å². The molecule has 0 aliphatic carbocycles. The number of aromatic nitrogens is 1. The fourth-order valence-corrected chi connectivity index (χ4v) is 2.18. The van der Waals surface area contributed by atoms with Crippen LogP contribution in [0.5, 0.6) is 0 Å². The van der Waals surface area contributed by atoms with Crippen LogP contribution in [0.4, 0.5) is 10.1 Å². The van der Waals surface area contributed by atoms with Crippen molar-refractivity contribution in [3.63, 3.8) is 0 Å². The molecule has 1 atom stereocenters. The zero-order valence-electron chi connectivity index (χ0n) is 10.2. The maximum absolute atomic E-state index is 13.1. The van der Waals surface area contributed by atoms with Gasteiger partial charge in [0.15, 0.2) is 0 Å². The van der Waals surface area contributed by atoms with Crippen LogP contribution in [0, 0.1) is 5.95 Å². The molecule has 2 rings (SSSR count). The van der Waals surface area contributed by atoms with Crippen LogP contribution in [0.15, 0.2) is 18.3 Å². The van der Waals surface area contributed by atoms with Crippen molar-refractivity contribution in [2.24, 2.45) is 0 Å². The third kappa shape index (κ3) is 3.40. The monoisotopic (exact) mass is 238 g/mol. The van der Waals surface area contributed by atoms with Gasteiger partial charge in [0.25, 0.3) is 0 Å². The van der Waals surface area contributed by atoms with Gasteiger partial charge in [0.05, 0.1) is 6.10 Å². The normalized spacial score (nSPS) is 20.6. The summed E-state index contributed by atoms with van der Waals surface area (Å²) >= 11 is 0. The minimum atomic E-state index is -0.417. The van der Waals surface area contributed by atoms with Gasteiger partial charge in [-0.2, -0.15) is 4.39 Å². The Kier molecular flexibility index (Phi) is 4.31. The lowest BCUT2D eigenvalue weighted by atomic mass is 10.1. The van der Waals surface area contributed by atoms with Crippen molar-refractivity contribution in [3.8, 4) is 0 Å². The lowest BCUT2D eigenvalue weighted by molar-refractivity contribution is 0.0440. The number of hydrogen-bond acceptors (Lipinski definition) is 3. The summed E-state index contributed by atoms with van der Waals surface area (Å²) in [5.74, 6) is -0.417. The summed E-state index contributed by atoms with van der Waals surface area (Å²) in [4.78, 5) is 5.75. The van der Waals surface area contributed by atoms with Gasteiger partial charge in [0.2, 0.25) is 5.95 Å². The van der Waals surface area contributed by atoms with E-state index in [0.29, 0.717) is 0 Å². The molecule has 2 heterocycles. The Morgan fingerprint density at radius 3 is 3.24 bits per heavy atom. The maximum atomic E-state index is 13.1. The van der Waals surface area contributed by atoms with Crippen LogP contribution in [-0.4, -0.2) is 30.8 Å². The summed E-state index contributed by atoms with van der Waals surface area (Å²) in [6.07, 6.45) is 5.03. The first-order valence-electron chi connectivity index (χ1n) is 6.27. The van der Waals surface area contributed by atoms with E-state index in [1.165, 1.54) is 12.3 Å². The molecule has 1 fully saturated rings. The van der Waals surface area contributed by atoms with Gasteiger partial charge in [-0.1, -0.05) is 6.92 Å². The van der Waals surface area contributed by atoms with E-state index in [9.17, 15) is 4.39 Å². The summed E-state index contributed by atoms with van der Waals surface area (Å²) in [7, 11) is 0. The topological polar surface area (TPSA) is 25.4 Å². The van der Waals surface area contributed by atoms with Gasteiger partial charge in [0, 0.05) is 37.6 Å². The first-order valence-corrected chi connectivity index (χ1v) is 6.27. The molecule has 1 aliphatic rings. The number of pyridine rings is 1. The van der Waals surface area contributed by atoms with Gasteiger partial charge in [-0.3, -0.25) is 0 Å². The maximum Gasteiger partial charge on any atom is 0.214 e. The van der Waals surface area contributed by atoms with Crippen LogP contribution in [0.25, 0.3) is 0 Å². The fraction of sp³-hybridized carbons (Fsp3) is 0.615. The largest absolute Gasteiger partial charge is 0.376 e. The highest BCUT2D eigenvalue weighted by atomic mass is 19.1. The highest BCUT2D eigenvalue weighted by molar-refractivity contribution is 5.45. The molecule has 0 N–H and O–H groups in total. The molecular weight excluding hydrogens is 219 g/mol. The van der Waals surface area contributed by atoms with Crippen LogP contribution in [-0.2, 0) is 4.74 Å². The second-order valence-corrected chi connectivity index (χ2v) is 4.42. The number of piperidine rings is 1. The van der Waals surface area contributed by atoms with Crippen molar-refractivity contribution in [1.29, 1.82) is 0 Å². The third-order valence-electron chi connectivity index (χ3n) is 3.01. The predicted molar refractivity (Wildman–Crippen MR) is 65.7 cm³/mol. The first-order chi connectivity index (χ1) is 8.29. The predicted octanol–water partition coefficient (Wildman–Crippen LogP) is 2.62. The van der Waals surface area contributed by atoms with Crippen LogP contribution in [0.1, 0.15) is 26.2 Å². The molecular formula is C13H19FN2O. The molecule has 0 bridgehead atoms. The second kappa shape index (κ2) is 5.96. The number of nitrogens with zero attached hydrogens (tertiary/aromatic N) is 2. The Morgan fingerprint density at radius 1 is 1.59 bits per heavy atom. The van der Waals surface area contributed by atoms with Crippen molar-refractivity contribution in [2.45, 2.75) is 32.3 Å². The Labute approximate surface area is 102 Å². The highest BCUT2D eigenvalue weighted by Crippen LogP contribution is 2.21. The van der Waals surface area contributed by atoms with E-state index in [-0.39, 0.29) is 6.10 Å². The Hall–Kier alpha value is -1.16. The molecule has 1 unspecified atom stereocenters. The summed E-state index contributed by atoms with van der Waals surface area (Å²) in [5, 5.41) is 0. The summed E-state index contributed by atoms with van der Waals surface area (Å²) < 4.78 is 18.8. The van der Waals surface area contributed by atoms with E-state index in [4.69, 9.17) is 4.74 Å². The fourth-order valence-electron chi connectivity index (χ4n) is 2.18. The van der Waals surface area contributed by atoms with Crippen molar-refractivity contribution >= 4 is 5.69 Å². The Bertz CT molecular complexity index is 359. The molecule has 17 heavy (non-hydrogen) atoms. The van der Waals surface area contributed by atoms with Gasteiger partial charge in [-0.05, 0) is 25.3 Å². The molecule has 1 aromatic rings. The number of anilines is 1. The molecule has 0 amide bonds. The smallest absolute Gasteiger partial charge is 0.214 e. The quantitative estimate of drug-likeness (QED) is 0.754. The average Bonchev–Trinajstić information content (AvgIpc) is 2.37. The molecule has 0 spiro atoms. The molecule has 0 aromatic carbocycles. The molecule has 0 radical (unpaired) electrons. The average molecular weight is 238 g/mol. The molecule has 1 aliphatic heterocycles. The molecule has 1 aromatic heterocycles. The molecule has 1 saturated heterocycles. The number of halogens is 1. The summed E-state index contributed by atoms with van der Waals surface area (Å²) in [5.41, 5.74) is 0.905. The van der Waals surface area contributed by atoms with Crippen LogP contribution in [0.2, 0.25) is 0 Å². The number of rotatable bonds is 4. The van der Waals surface area contributed by atoms with Crippen molar-refractivity contribution in [3.05, 3.63) is 24.3 Å². The minimum Gasteiger partial charge on any atom is -0.376 e. The Balaban J connectivity index is 1.97. The SMILES string of the molecule is CCCOC1CCCN(c2ccnc(F)c2)C1. The van der Waals surface area contributed by atoms with E-state index in [2.05, 4.69) is 16.8 Å². The van der Waals surface area contributed by atoms with E-state index in [1.54, 1.807) is 0 Å². The summed E-state index contributed by atoms with van der Waals surface area (Å²) in [6.45, 7) is 4.74. The zero-order chi connectivity index (χ0) is 12.1. The van der Waals surface area contributed by atoms with E-state index >= 15 is 0 Å². The van der Waals surface area contributed by atoms with Gasteiger partial charge in [-0.25, -0.2) is 4.98 Å². The lowest BCUT2D eigenvalue weighted by Gasteiger charge is -2.34. The number of ether oxygens (including phenoxy) is 1. The van der Waals surface area contributed by atoms with Crippen molar-refractivity contribution < 1.29 is 9.13 Å².